The van der Waals surface area contributed by atoms with E-state index < -0.39 is 4.92 Å². The molecule has 0 saturated heterocycles. The minimum Gasteiger partial charge on any atom is -0.360 e. The van der Waals surface area contributed by atoms with Crippen LogP contribution in [0.5, 0.6) is 0 Å². The zero-order valence-corrected chi connectivity index (χ0v) is 11.8. The average molecular weight is 288 g/mol. The van der Waals surface area contributed by atoms with E-state index in [4.69, 9.17) is 5.84 Å². The topological polar surface area (TPSA) is 119 Å². The SMILES string of the molecule is Cc1cccc(CNc2nc(NN)nc(C)c2[N+](=O)[O-])c1. The summed E-state index contributed by atoms with van der Waals surface area (Å²) in [4.78, 5) is 18.6. The molecule has 0 radical (unpaired) electrons. The molecule has 1 aromatic carbocycles. The fourth-order valence-corrected chi connectivity index (χ4v) is 1.98. The van der Waals surface area contributed by atoms with E-state index in [0.717, 1.165) is 11.1 Å². The molecule has 0 bridgehead atoms. The lowest BCUT2D eigenvalue weighted by Crippen LogP contribution is -2.14. The standard InChI is InChI=1S/C13H16N6O2/c1-8-4-3-5-10(6-8)7-15-12-11(19(20)21)9(2)16-13(17-12)18-14/h3-6H,7,14H2,1-2H3,(H2,15,16,17,18). The van der Waals surface area contributed by atoms with Crippen LogP contribution in [0.25, 0.3) is 0 Å². The van der Waals surface area contributed by atoms with Crippen LogP contribution in [0.15, 0.2) is 24.3 Å². The van der Waals surface area contributed by atoms with Crippen molar-refractivity contribution in [3.63, 3.8) is 0 Å². The molecule has 0 saturated carbocycles. The predicted octanol–water partition coefficient (Wildman–Crippen LogP) is 1.90. The monoisotopic (exact) mass is 288 g/mol. The van der Waals surface area contributed by atoms with Crippen LogP contribution in [0, 0.1) is 24.0 Å². The van der Waals surface area contributed by atoms with Gasteiger partial charge < -0.3 is 5.32 Å². The van der Waals surface area contributed by atoms with E-state index in [-0.39, 0.29) is 23.1 Å². The zero-order chi connectivity index (χ0) is 15.4. The first-order valence-electron chi connectivity index (χ1n) is 6.30. The molecule has 0 atom stereocenters. The highest BCUT2D eigenvalue weighted by Crippen LogP contribution is 2.26. The Balaban J connectivity index is 2.29. The van der Waals surface area contributed by atoms with E-state index in [1.165, 1.54) is 0 Å². The van der Waals surface area contributed by atoms with E-state index >= 15 is 0 Å². The number of nitrogens with two attached hydrogens (primary N) is 1. The molecular formula is C13H16N6O2. The van der Waals surface area contributed by atoms with Crippen molar-refractivity contribution in [3.05, 3.63) is 51.2 Å². The van der Waals surface area contributed by atoms with Gasteiger partial charge in [0.05, 0.1) is 4.92 Å². The maximum atomic E-state index is 11.1. The van der Waals surface area contributed by atoms with Crippen LogP contribution >= 0.6 is 0 Å². The molecule has 0 fully saturated rings. The van der Waals surface area contributed by atoms with Crippen LogP contribution in [0.4, 0.5) is 17.5 Å². The molecular weight excluding hydrogens is 272 g/mol. The van der Waals surface area contributed by atoms with Crippen molar-refractivity contribution in [2.45, 2.75) is 20.4 Å². The molecule has 0 spiro atoms. The average Bonchev–Trinajstić information content (AvgIpc) is 2.44. The fourth-order valence-electron chi connectivity index (χ4n) is 1.98. The lowest BCUT2D eigenvalue weighted by Gasteiger charge is -2.09. The summed E-state index contributed by atoms with van der Waals surface area (Å²) in [6, 6.07) is 7.84. The first-order chi connectivity index (χ1) is 10.0. The summed E-state index contributed by atoms with van der Waals surface area (Å²) < 4.78 is 0. The Morgan fingerprint density at radius 3 is 2.71 bits per heavy atom. The Hall–Kier alpha value is -2.74. The minimum absolute atomic E-state index is 0.129. The number of nitro groups is 1. The molecule has 4 N–H and O–H groups in total. The van der Waals surface area contributed by atoms with E-state index in [1.54, 1.807) is 6.92 Å². The summed E-state index contributed by atoms with van der Waals surface area (Å²) in [6.07, 6.45) is 0. The number of aromatic nitrogens is 2. The summed E-state index contributed by atoms with van der Waals surface area (Å²) in [7, 11) is 0. The van der Waals surface area contributed by atoms with E-state index in [9.17, 15) is 10.1 Å². The van der Waals surface area contributed by atoms with Crippen LogP contribution in [0.2, 0.25) is 0 Å². The van der Waals surface area contributed by atoms with Gasteiger partial charge in [-0.2, -0.15) is 4.98 Å². The Morgan fingerprint density at radius 1 is 1.33 bits per heavy atom. The Bertz CT molecular complexity index is 674. The Labute approximate surface area is 121 Å². The van der Waals surface area contributed by atoms with Crippen LogP contribution < -0.4 is 16.6 Å². The van der Waals surface area contributed by atoms with Crippen molar-refractivity contribution in [1.29, 1.82) is 0 Å². The fraction of sp³-hybridized carbons (Fsp3) is 0.231. The molecule has 0 aliphatic carbocycles. The summed E-state index contributed by atoms with van der Waals surface area (Å²) in [6.45, 7) is 3.94. The second-order valence-corrected chi connectivity index (χ2v) is 4.57. The molecule has 2 aromatic rings. The third kappa shape index (κ3) is 3.42. The molecule has 2 rings (SSSR count). The normalized spacial score (nSPS) is 10.2. The number of nitrogens with one attached hydrogen (secondary N) is 2. The van der Waals surface area contributed by atoms with E-state index in [1.807, 2.05) is 31.2 Å². The lowest BCUT2D eigenvalue weighted by molar-refractivity contribution is -0.385. The van der Waals surface area contributed by atoms with Gasteiger partial charge in [0.25, 0.3) is 0 Å². The van der Waals surface area contributed by atoms with E-state index in [0.29, 0.717) is 6.54 Å². The number of benzene rings is 1. The van der Waals surface area contributed by atoms with Crippen molar-refractivity contribution in [2.75, 3.05) is 10.7 Å². The van der Waals surface area contributed by atoms with Crippen LogP contribution in [-0.2, 0) is 6.54 Å². The summed E-state index contributed by atoms with van der Waals surface area (Å²) >= 11 is 0. The Morgan fingerprint density at radius 2 is 2.10 bits per heavy atom. The first-order valence-corrected chi connectivity index (χ1v) is 6.30. The molecule has 0 unspecified atom stereocenters. The molecule has 8 nitrogen and oxygen atoms in total. The van der Waals surface area contributed by atoms with Crippen molar-refractivity contribution >= 4 is 17.5 Å². The summed E-state index contributed by atoms with van der Waals surface area (Å²) in [5, 5.41) is 14.1. The number of hydrogen-bond acceptors (Lipinski definition) is 7. The first kappa shape index (κ1) is 14.7. The highest BCUT2D eigenvalue weighted by molar-refractivity contribution is 5.60. The smallest absolute Gasteiger partial charge is 0.332 e. The van der Waals surface area contributed by atoms with Crippen molar-refractivity contribution in [1.82, 2.24) is 9.97 Å². The second-order valence-electron chi connectivity index (χ2n) is 4.57. The summed E-state index contributed by atoms with van der Waals surface area (Å²) in [5.74, 6) is 5.54. The van der Waals surface area contributed by atoms with Crippen molar-refractivity contribution in [2.24, 2.45) is 5.84 Å². The Kier molecular flexibility index (Phi) is 4.29. The van der Waals surface area contributed by atoms with Gasteiger partial charge in [-0.05, 0) is 19.4 Å². The maximum absolute atomic E-state index is 11.1. The number of nitrogens with zero attached hydrogens (tertiary/aromatic N) is 3. The van der Waals surface area contributed by atoms with E-state index in [2.05, 4.69) is 20.7 Å². The quantitative estimate of drug-likeness (QED) is 0.436. The number of hydrogen-bond donors (Lipinski definition) is 3. The highest BCUT2D eigenvalue weighted by Gasteiger charge is 2.21. The van der Waals surface area contributed by atoms with Crippen LogP contribution in [0.1, 0.15) is 16.8 Å². The molecule has 8 heteroatoms. The maximum Gasteiger partial charge on any atom is 0.332 e. The molecule has 0 amide bonds. The van der Waals surface area contributed by atoms with Gasteiger partial charge in [-0.25, -0.2) is 10.8 Å². The molecule has 0 aliphatic heterocycles. The number of hydrazine groups is 1. The van der Waals surface area contributed by atoms with Gasteiger partial charge in [0, 0.05) is 6.54 Å². The van der Waals surface area contributed by atoms with Gasteiger partial charge in [0.2, 0.25) is 11.8 Å². The molecule has 0 aliphatic rings. The third-order valence-corrected chi connectivity index (χ3v) is 2.91. The molecule has 110 valence electrons. The zero-order valence-electron chi connectivity index (χ0n) is 11.8. The largest absolute Gasteiger partial charge is 0.360 e. The second kappa shape index (κ2) is 6.14. The molecule has 1 heterocycles. The van der Waals surface area contributed by atoms with Gasteiger partial charge in [-0.3, -0.25) is 15.5 Å². The van der Waals surface area contributed by atoms with Crippen molar-refractivity contribution < 1.29 is 4.92 Å². The van der Waals surface area contributed by atoms with Gasteiger partial charge in [0.15, 0.2) is 0 Å². The lowest BCUT2D eigenvalue weighted by atomic mass is 10.1. The number of nitrogen functional groups attached to an aromatic ring is 1. The van der Waals surface area contributed by atoms with Gasteiger partial charge in [-0.1, -0.05) is 29.8 Å². The highest BCUT2D eigenvalue weighted by atomic mass is 16.6. The van der Waals surface area contributed by atoms with Crippen molar-refractivity contribution in [3.8, 4) is 0 Å². The number of anilines is 2. The molecule has 21 heavy (non-hydrogen) atoms. The summed E-state index contributed by atoms with van der Waals surface area (Å²) in [5.41, 5.74) is 4.51. The van der Waals surface area contributed by atoms with Gasteiger partial charge in [-0.15, -0.1) is 0 Å². The van der Waals surface area contributed by atoms with Gasteiger partial charge >= 0.3 is 5.69 Å². The third-order valence-electron chi connectivity index (χ3n) is 2.91. The van der Waals surface area contributed by atoms with Crippen LogP contribution in [-0.4, -0.2) is 14.9 Å². The van der Waals surface area contributed by atoms with Crippen LogP contribution in [0.3, 0.4) is 0 Å². The number of aryl methyl sites for hydroxylation is 2. The predicted molar refractivity (Wildman–Crippen MR) is 79.7 cm³/mol. The van der Waals surface area contributed by atoms with Gasteiger partial charge in [0.1, 0.15) is 5.69 Å². The number of rotatable bonds is 5. The molecule has 1 aromatic heterocycles. The minimum atomic E-state index is -0.506.